The van der Waals surface area contributed by atoms with Gasteiger partial charge in [0, 0.05) is 22.7 Å². The van der Waals surface area contributed by atoms with Crippen LogP contribution in [-0.2, 0) is 13.1 Å². The van der Waals surface area contributed by atoms with Gasteiger partial charge in [0.25, 0.3) is 5.91 Å². The van der Waals surface area contributed by atoms with Crippen molar-refractivity contribution in [3.63, 3.8) is 0 Å². The summed E-state index contributed by atoms with van der Waals surface area (Å²) in [7, 11) is 0. The van der Waals surface area contributed by atoms with E-state index in [9.17, 15) is 19.4 Å². The Balaban J connectivity index is 1.90. The molecular formula is C15H11ClFNO3. The van der Waals surface area contributed by atoms with Crippen LogP contribution in [0.25, 0.3) is 0 Å². The van der Waals surface area contributed by atoms with Gasteiger partial charge >= 0.3 is 0 Å². The lowest BCUT2D eigenvalue weighted by Crippen LogP contribution is -2.23. The maximum atomic E-state index is 13.0. The van der Waals surface area contributed by atoms with E-state index in [1.807, 2.05) is 0 Å². The van der Waals surface area contributed by atoms with Crippen LogP contribution in [0, 0.1) is 5.82 Å². The fourth-order valence-corrected chi connectivity index (χ4v) is 2.63. The smallest absolute Gasteiger partial charge is 0.254 e. The van der Waals surface area contributed by atoms with Gasteiger partial charge in [0.1, 0.15) is 5.82 Å². The Hall–Kier alpha value is -2.27. The SMILES string of the molecule is O=C1c2ccc(O)c(O)c2CN1Cc1ccc(F)cc1Cl. The molecule has 108 valence electrons. The van der Waals surface area contributed by atoms with Crippen molar-refractivity contribution in [2.75, 3.05) is 0 Å². The Labute approximate surface area is 125 Å². The molecule has 0 saturated heterocycles. The molecule has 1 aliphatic rings. The highest BCUT2D eigenvalue weighted by molar-refractivity contribution is 6.31. The molecule has 0 radical (unpaired) electrons. The number of rotatable bonds is 2. The van der Waals surface area contributed by atoms with Gasteiger partial charge in [-0.2, -0.15) is 0 Å². The number of carbonyl (C=O) groups excluding carboxylic acids is 1. The summed E-state index contributed by atoms with van der Waals surface area (Å²) in [6.07, 6.45) is 0. The van der Waals surface area contributed by atoms with Gasteiger partial charge in [-0.05, 0) is 29.8 Å². The average molecular weight is 308 g/mol. The Morgan fingerprint density at radius 1 is 1.24 bits per heavy atom. The molecule has 0 aromatic heterocycles. The van der Waals surface area contributed by atoms with Crippen LogP contribution in [0.4, 0.5) is 4.39 Å². The number of aromatic hydroxyl groups is 2. The van der Waals surface area contributed by atoms with E-state index >= 15 is 0 Å². The number of fused-ring (bicyclic) bond motifs is 1. The van der Waals surface area contributed by atoms with Crippen molar-refractivity contribution < 1.29 is 19.4 Å². The van der Waals surface area contributed by atoms with Crippen molar-refractivity contribution in [2.45, 2.75) is 13.1 Å². The summed E-state index contributed by atoms with van der Waals surface area (Å²) >= 11 is 5.96. The molecule has 0 aliphatic carbocycles. The second kappa shape index (κ2) is 4.93. The van der Waals surface area contributed by atoms with Gasteiger partial charge in [0.15, 0.2) is 11.5 Å². The number of benzene rings is 2. The first-order valence-corrected chi connectivity index (χ1v) is 6.62. The van der Waals surface area contributed by atoms with E-state index in [1.165, 1.54) is 35.2 Å². The number of amides is 1. The lowest BCUT2D eigenvalue weighted by molar-refractivity contribution is 0.0766. The quantitative estimate of drug-likeness (QED) is 0.838. The lowest BCUT2D eigenvalue weighted by Gasteiger charge is -2.16. The highest BCUT2D eigenvalue weighted by atomic mass is 35.5. The largest absolute Gasteiger partial charge is 0.504 e. The van der Waals surface area contributed by atoms with Gasteiger partial charge < -0.3 is 15.1 Å². The molecule has 0 saturated carbocycles. The second-order valence-corrected chi connectivity index (χ2v) is 5.26. The number of halogens is 2. The molecule has 1 aliphatic heterocycles. The first-order valence-electron chi connectivity index (χ1n) is 6.24. The molecule has 0 atom stereocenters. The summed E-state index contributed by atoms with van der Waals surface area (Å²) in [4.78, 5) is 13.7. The summed E-state index contributed by atoms with van der Waals surface area (Å²) < 4.78 is 13.0. The van der Waals surface area contributed by atoms with Crippen molar-refractivity contribution in [2.24, 2.45) is 0 Å². The van der Waals surface area contributed by atoms with E-state index < -0.39 is 5.82 Å². The fraction of sp³-hybridized carbons (Fsp3) is 0.133. The van der Waals surface area contributed by atoms with Crippen LogP contribution in [0.15, 0.2) is 30.3 Å². The zero-order valence-electron chi connectivity index (χ0n) is 10.8. The van der Waals surface area contributed by atoms with Gasteiger partial charge in [0.2, 0.25) is 0 Å². The Morgan fingerprint density at radius 2 is 2.00 bits per heavy atom. The molecule has 2 aromatic carbocycles. The van der Waals surface area contributed by atoms with E-state index in [1.54, 1.807) is 0 Å². The summed E-state index contributed by atoms with van der Waals surface area (Å²) in [6.45, 7) is 0.370. The van der Waals surface area contributed by atoms with Crippen molar-refractivity contribution in [1.29, 1.82) is 0 Å². The highest BCUT2D eigenvalue weighted by Gasteiger charge is 2.31. The monoisotopic (exact) mass is 307 g/mol. The molecule has 1 amide bonds. The standard InChI is InChI=1S/C15H11ClFNO3/c16-12-5-9(17)2-1-8(12)6-18-7-11-10(15(18)21)3-4-13(19)14(11)20/h1-5,19-20H,6-7H2. The van der Waals surface area contributed by atoms with Crippen LogP contribution in [0.1, 0.15) is 21.5 Å². The number of hydrogen-bond acceptors (Lipinski definition) is 3. The Bertz CT molecular complexity index is 748. The van der Waals surface area contributed by atoms with Gasteiger partial charge in [-0.15, -0.1) is 0 Å². The summed E-state index contributed by atoms with van der Waals surface area (Å²) in [6, 6.07) is 6.73. The number of carbonyl (C=O) groups is 1. The molecule has 0 fully saturated rings. The number of phenols is 2. The van der Waals surface area contributed by atoms with Crippen LogP contribution >= 0.6 is 11.6 Å². The van der Waals surface area contributed by atoms with Crippen LogP contribution in [0.3, 0.4) is 0 Å². The number of hydrogen-bond donors (Lipinski definition) is 2. The third-order valence-electron chi connectivity index (χ3n) is 3.50. The Kier molecular flexibility index (Phi) is 3.22. The van der Waals surface area contributed by atoms with Crippen molar-refractivity contribution in [1.82, 2.24) is 4.90 Å². The zero-order valence-corrected chi connectivity index (χ0v) is 11.6. The van der Waals surface area contributed by atoms with Gasteiger partial charge in [-0.3, -0.25) is 4.79 Å². The molecule has 21 heavy (non-hydrogen) atoms. The number of phenolic OH excluding ortho intramolecular Hbond substituents is 2. The maximum Gasteiger partial charge on any atom is 0.254 e. The minimum atomic E-state index is -0.442. The first kappa shape index (κ1) is 13.7. The molecule has 0 spiro atoms. The fourth-order valence-electron chi connectivity index (χ4n) is 2.40. The lowest BCUT2D eigenvalue weighted by atomic mass is 10.1. The van der Waals surface area contributed by atoms with E-state index in [0.717, 1.165) is 0 Å². The van der Waals surface area contributed by atoms with E-state index in [-0.39, 0.29) is 35.5 Å². The van der Waals surface area contributed by atoms with Crippen molar-refractivity contribution >= 4 is 17.5 Å². The number of nitrogens with zero attached hydrogens (tertiary/aromatic N) is 1. The highest BCUT2D eigenvalue weighted by Crippen LogP contribution is 2.37. The van der Waals surface area contributed by atoms with Crippen molar-refractivity contribution in [3.8, 4) is 11.5 Å². The van der Waals surface area contributed by atoms with Crippen LogP contribution in [-0.4, -0.2) is 21.0 Å². The zero-order chi connectivity index (χ0) is 15.1. The maximum absolute atomic E-state index is 13.0. The summed E-state index contributed by atoms with van der Waals surface area (Å²) in [5, 5.41) is 19.5. The minimum absolute atomic E-state index is 0.169. The molecule has 0 unspecified atom stereocenters. The molecule has 2 N–H and O–H groups in total. The molecule has 2 aromatic rings. The molecule has 3 rings (SSSR count). The Morgan fingerprint density at radius 3 is 2.71 bits per heavy atom. The summed E-state index contributed by atoms with van der Waals surface area (Å²) in [5.74, 6) is -1.25. The van der Waals surface area contributed by atoms with Crippen LogP contribution in [0.2, 0.25) is 5.02 Å². The molecule has 6 heteroatoms. The third kappa shape index (κ3) is 2.29. The molecule has 0 bridgehead atoms. The van der Waals surface area contributed by atoms with Crippen molar-refractivity contribution in [3.05, 3.63) is 57.9 Å². The third-order valence-corrected chi connectivity index (χ3v) is 3.86. The molecule has 1 heterocycles. The second-order valence-electron chi connectivity index (χ2n) is 4.86. The summed E-state index contributed by atoms with van der Waals surface area (Å²) in [5.41, 5.74) is 1.35. The molecule has 4 nitrogen and oxygen atoms in total. The van der Waals surface area contributed by atoms with E-state index in [2.05, 4.69) is 0 Å². The van der Waals surface area contributed by atoms with Crippen LogP contribution in [0.5, 0.6) is 11.5 Å². The molecular weight excluding hydrogens is 297 g/mol. The minimum Gasteiger partial charge on any atom is -0.504 e. The topological polar surface area (TPSA) is 60.8 Å². The first-order chi connectivity index (χ1) is 9.97. The predicted octanol–water partition coefficient (Wildman–Crippen LogP) is 3.05. The van der Waals surface area contributed by atoms with Crippen LogP contribution < -0.4 is 0 Å². The van der Waals surface area contributed by atoms with E-state index in [0.29, 0.717) is 16.7 Å². The van der Waals surface area contributed by atoms with Gasteiger partial charge in [0.05, 0.1) is 6.54 Å². The van der Waals surface area contributed by atoms with Gasteiger partial charge in [-0.1, -0.05) is 17.7 Å². The average Bonchev–Trinajstić information content (AvgIpc) is 2.75. The normalized spacial score (nSPS) is 13.6. The predicted molar refractivity (Wildman–Crippen MR) is 74.8 cm³/mol. The van der Waals surface area contributed by atoms with Gasteiger partial charge in [-0.25, -0.2) is 4.39 Å². The van der Waals surface area contributed by atoms with E-state index in [4.69, 9.17) is 11.6 Å².